The summed E-state index contributed by atoms with van der Waals surface area (Å²) in [7, 11) is 0. The van der Waals surface area contributed by atoms with E-state index >= 15 is 0 Å². The highest BCUT2D eigenvalue weighted by Crippen LogP contribution is 2.27. The Kier molecular flexibility index (Phi) is 5.02. The summed E-state index contributed by atoms with van der Waals surface area (Å²) in [4.78, 5) is 22.3. The summed E-state index contributed by atoms with van der Waals surface area (Å²) in [5.41, 5.74) is 2.58. The number of hydrogen-bond donors (Lipinski definition) is 0. The van der Waals surface area contributed by atoms with Gasteiger partial charge in [0.2, 0.25) is 0 Å². The number of benzene rings is 2. The number of nitro benzene ring substituents is 1. The lowest BCUT2D eigenvalue weighted by Gasteiger charge is -2.20. The van der Waals surface area contributed by atoms with Gasteiger partial charge in [-0.2, -0.15) is 0 Å². The van der Waals surface area contributed by atoms with Crippen molar-refractivity contribution in [2.45, 2.75) is 33.1 Å². The standard InChI is InChI=1S/C19H21NO4/c1-13-11-15(19(2,3)4)7-10-18(13)24-12-17(21)14-5-8-16(9-6-14)20(22)23/h5-11H,12H2,1-4H3. The zero-order chi connectivity index (χ0) is 17.9. The number of non-ortho nitro benzene ring substituents is 1. The van der Waals surface area contributed by atoms with Gasteiger partial charge in [-0.25, -0.2) is 0 Å². The van der Waals surface area contributed by atoms with E-state index in [9.17, 15) is 14.9 Å². The average molecular weight is 327 g/mol. The third-order valence-electron chi connectivity index (χ3n) is 3.80. The molecule has 0 saturated heterocycles. The number of carbonyl (C=O) groups is 1. The summed E-state index contributed by atoms with van der Waals surface area (Å²) in [6.07, 6.45) is 0. The first-order chi connectivity index (χ1) is 11.2. The normalized spacial score (nSPS) is 11.2. The summed E-state index contributed by atoms with van der Waals surface area (Å²) in [6.45, 7) is 8.26. The molecule has 0 unspecified atom stereocenters. The first kappa shape index (κ1) is 17.7. The second kappa shape index (κ2) is 6.83. The van der Waals surface area contributed by atoms with Crippen LogP contribution in [0.1, 0.15) is 42.3 Å². The molecule has 2 aromatic carbocycles. The Morgan fingerprint density at radius 3 is 2.25 bits per heavy atom. The van der Waals surface area contributed by atoms with Gasteiger partial charge in [-0.05, 0) is 41.7 Å². The molecule has 0 spiro atoms. The summed E-state index contributed by atoms with van der Waals surface area (Å²) in [5.74, 6) is 0.447. The van der Waals surface area contributed by atoms with Crippen LogP contribution >= 0.6 is 0 Å². The quantitative estimate of drug-likeness (QED) is 0.462. The van der Waals surface area contributed by atoms with E-state index in [4.69, 9.17) is 4.74 Å². The predicted molar refractivity (Wildman–Crippen MR) is 92.8 cm³/mol. The highest BCUT2D eigenvalue weighted by atomic mass is 16.6. The molecule has 5 nitrogen and oxygen atoms in total. The lowest BCUT2D eigenvalue weighted by atomic mass is 9.86. The first-order valence-corrected chi connectivity index (χ1v) is 7.70. The molecule has 0 saturated carbocycles. The largest absolute Gasteiger partial charge is 0.485 e. The Hall–Kier alpha value is -2.69. The maximum atomic E-state index is 12.1. The molecule has 0 bridgehead atoms. The highest BCUT2D eigenvalue weighted by Gasteiger charge is 2.15. The van der Waals surface area contributed by atoms with Gasteiger partial charge >= 0.3 is 0 Å². The van der Waals surface area contributed by atoms with Gasteiger partial charge in [-0.15, -0.1) is 0 Å². The topological polar surface area (TPSA) is 69.4 Å². The second-order valence-corrected chi connectivity index (χ2v) is 6.75. The van der Waals surface area contributed by atoms with E-state index in [1.165, 1.54) is 29.8 Å². The van der Waals surface area contributed by atoms with Gasteiger partial charge in [0.25, 0.3) is 5.69 Å². The molecule has 0 aliphatic rings. The monoisotopic (exact) mass is 327 g/mol. The maximum absolute atomic E-state index is 12.1. The lowest BCUT2D eigenvalue weighted by molar-refractivity contribution is -0.384. The van der Waals surface area contributed by atoms with Crippen LogP contribution in [0, 0.1) is 17.0 Å². The van der Waals surface area contributed by atoms with E-state index < -0.39 is 4.92 Å². The van der Waals surface area contributed by atoms with Crippen LogP contribution in [0.25, 0.3) is 0 Å². The number of aryl methyl sites for hydroxylation is 1. The summed E-state index contributed by atoms with van der Waals surface area (Å²) in [5, 5.41) is 10.6. The highest BCUT2D eigenvalue weighted by molar-refractivity contribution is 5.97. The Balaban J connectivity index is 2.05. The molecule has 0 N–H and O–H groups in total. The zero-order valence-corrected chi connectivity index (χ0v) is 14.3. The van der Waals surface area contributed by atoms with E-state index in [0.717, 1.165) is 5.56 Å². The van der Waals surface area contributed by atoms with E-state index in [1.807, 2.05) is 19.1 Å². The Bertz CT molecular complexity index is 758. The van der Waals surface area contributed by atoms with E-state index in [0.29, 0.717) is 11.3 Å². The molecule has 0 aliphatic carbocycles. The van der Waals surface area contributed by atoms with Crippen molar-refractivity contribution in [3.05, 3.63) is 69.3 Å². The molecule has 24 heavy (non-hydrogen) atoms. The number of ether oxygens (including phenoxy) is 1. The van der Waals surface area contributed by atoms with E-state index in [-0.39, 0.29) is 23.5 Å². The summed E-state index contributed by atoms with van der Waals surface area (Å²) < 4.78 is 5.61. The fraction of sp³-hybridized carbons (Fsp3) is 0.316. The Labute approximate surface area is 141 Å². The molecule has 126 valence electrons. The molecule has 0 atom stereocenters. The Morgan fingerprint density at radius 1 is 1.12 bits per heavy atom. The number of nitrogens with zero attached hydrogens (tertiary/aromatic N) is 1. The molecule has 0 heterocycles. The van der Waals surface area contributed by atoms with Crippen molar-refractivity contribution in [1.29, 1.82) is 0 Å². The van der Waals surface area contributed by atoms with Crippen molar-refractivity contribution in [2.75, 3.05) is 6.61 Å². The van der Waals surface area contributed by atoms with Gasteiger partial charge in [-0.1, -0.05) is 32.9 Å². The van der Waals surface area contributed by atoms with Crippen LogP contribution in [0.4, 0.5) is 5.69 Å². The van der Waals surface area contributed by atoms with Gasteiger partial charge in [0.1, 0.15) is 5.75 Å². The second-order valence-electron chi connectivity index (χ2n) is 6.75. The van der Waals surface area contributed by atoms with Crippen LogP contribution in [0.2, 0.25) is 0 Å². The fourth-order valence-electron chi connectivity index (χ4n) is 2.27. The van der Waals surface area contributed by atoms with Crippen molar-refractivity contribution in [1.82, 2.24) is 0 Å². The van der Waals surface area contributed by atoms with Crippen LogP contribution in [0.5, 0.6) is 5.75 Å². The van der Waals surface area contributed by atoms with Crippen molar-refractivity contribution < 1.29 is 14.5 Å². The molecular formula is C19H21NO4. The Morgan fingerprint density at radius 2 is 1.75 bits per heavy atom. The lowest BCUT2D eigenvalue weighted by Crippen LogP contribution is -2.14. The third-order valence-corrected chi connectivity index (χ3v) is 3.80. The number of nitro groups is 1. The molecular weight excluding hydrogens is 306 g/mol. The molecule has 2 rings (SSSR count). The van der Waals surface area contributed by atoms with Crippen molar-refractivity contribution in [3.8, 4) is 5.75 Å². The van der Waals surface area contributed by atoms with Crippen LogP contribution < -0.4 is 4.74 Å². The number of rotatable bonds is 5. The molecule has 0 amide bonds. The van der Waals surface area contributed by atoms with Crippen molar-refractivity contribution in [3.63, 3.8) is 0 Å². The maximum Gasteiger partial charge on any atom is 0.269 e. The molecule has 0 radical (unpaired) electrons. The van der Waals surface area contributed by atoms with Gasteiger partial charge in [-0.3, -0.25) is 14.9 Å². The molecule has 0 fully saturated rings. The van der Waals surface area contributed by atoms with Crippen LogP contribution in [-0.2, 0) is 5.41 Å². The summed E-state index contributed by atoms with van der Waals surface area (Å²) in [6, 6.07) is 11.5. The SMILES string of the molecule is Cc1cc(C(C)(C)C)ccc1OCC(=O)c1ccc([N+](=O)[O-])cc1. The number of ketones is 1. The van der Waals surface area contributed by atoms with Gasteiger partial charge < -0.3 is 4.74 Å². The van der Waals surface area contributed by atoms with Crippen molar-refractivity contribution in [2.24, 2.45) is 0 Å². The van der Waals surface area contributed by atoms with Crippen molar-refractivity contribution >= 4 is 11.5 Å². The molecule has 0 aliphatic heterocycles. The molecule has 2 aromatic rings. The number of carbonyl (C=O) groups excluding carboxylic acids is 1. The smallest absolute Gasteiger partial charge is 0.269 e. The average Bonchev–Trinajstić information content (AvgIpc) is 2.52. The fourth-order valence-corrected chi connectivity index (χ4v) is 2.27. The van der Waals surface area contributed by atoms with Gasteiger partial charge in [0.15, 0.2) is 12.4 Å². The third kappa shape index (κ3) is 4.19. The van der Waals surface area contributed by atoms with Crippen LogP contribution in [0.15, 0.2) is 42.5 Å². The number of hydrogen-bond acceptors (Lipinski definition) is 4. The van der Waals surface area contributed by atoms with E-state index in [2.05, 4.69) is 26.8 Å². The minimum Gasteiger partial charge on any atom is -0.485 e. The van der Waals surface area contributed by atoms with Gasteiger partial charge in [0, 0.05) is 17.7 Å². The predicted octanol–water partition coefficient (Wildman–Crippen LogP) is 4.46. The number of Topliss-reactive ketones (excluding diaryl/α,β-unsaturated/α-hetero) is 1. The molecule has 5 heteroatoms. The summed E-state index contributed by atoms with van der Waals surface area (Å²) >= 11 is 0. The van der Waals surface area contributed by atoms with Crippen LogP contribution in [-0.4, -0.2) is 17.3 Å². The van der Waals surface area contributed by atoms with Gasteiger partial charge in [0.05, 0.1) is 4.92 Å². The minimum absolute atomic E-state index is 0.0407. The minimum atomic E-state index is -0.495. The zero-order valence-electron chi connectivity index (χ0n) is 14.3. The van der Waals surface area contributed by atoms with E-state index in [1.54, 1.807) is 0 Å². The first-order valence-electron chi connectivity index (χ1n) is 7.70. The molecule has 0 aromatic heterocycles. The van der Waals surface area contributed by atoms with Crippen LogP contribution in [0.3, 0.4) is 0 Å².